The van der Waals surface area contributed by atoms with Crippen molar-refractivity contribution >= 4 is 41.5 Å². The Bertz CT molecular complexity index is 500. The SMILES string of the molecule is CC(C)(NC(=O)C[C@@H]1CCCN1)c1cccc(Cl)c1Cl.Cl. The van der Waals surface area contributed by atoms with E-state index >= 15 is 0 Å². The van der Waals surface area contributed by atoms with E-state index in [1.165, 1.54) is 0 Å². The fourth-order valence-electron chi connectivity index (χ4n) is 2.61. The Labute approximate surface area is 142 Å². The van der Waals surface area contributed by atoms with Crippen molar-refractivity contribution in [2.75, 3.05) is 6.54 Å². The van der Waals surface area contributed by atoms with Crippen LogP contribution in [0, 0.1) is 0 Å². The first-order valence-corrected chi connectivity index (χ1v) is 7.64. The first-order valence-electron chi connectivity index (χ1n) is 6.89. The van der Waals surface area contributed by atoms with Crippen molar-refractivity contribution in [1.82, 2.24) is 10.6 Å². The highest BCUT2D eigenvalue weighted by molar-refractivity contribution is 6.42. The fraction of sp³-hybridized carbons (Fsp3) is 0.533. The van der Waals surface area contributed by atoms with Gasteiger partial charge in [0.1, 0.15) is 0 Å². The molecule has 0 saturated carbocycles. The monoisotopic (exact) mass is 350 g/mol. The molecule has 1 aliphatic rings. The Morgan fingerprint density at radius 3 is 2.76 bits per heavy atom. The van der Waals surface area contributed by atoms with E-state index < -0.39 is 5.54 Å². The van der Waals surface area contributed by atoms with Crippen LogP contribution < -0.4 is 10.6 Å². The van der Waals surface area contributed by atoms with Crippen LogP contribution in [0.15, 0.2) is 18.2 Å². The normalized spacial score (nSPS) is 18.2. The van der Waals surface area contributed by atoms with Gasteiger partial charge in [0.05, 0.1) is 15.6 Å². The van der Waals surface area contributed by atoms with Crippen LogP contribution in [0.1, 0.15) is 38.7 Å². The molecule has 1 fully saturated rings. The highest BCUT2D eigenvalue weighted by Gasteiger charge is 2.27. The number of amides is 1. The van der Waals surface area contributed by atoms with Crippen molar-refractivity contribution < 1.29 is 4.79 Å². The van der Waals surface area contributed by atoms with Gasteiger partial charge in [-0.05, 0) is 44.9 Å². The summed E-state index contributed by atoms with van der Waals surface area (Å²) in [7, 11) is 0. The maximum absolute atomic E-state index is 12.2. The summed E-state index contributed by atoms with van der Waals surface area (Å²) in [5.41, 5.74) is 0.289. The summed E-state index contributed by atoms with van der Waals surface area (Å²) in [6, 6.07) is 5.77. The number of hydrogen-bond donors (Lipinski definition) is 2. The molecule has 0 radical (unpaired) electrons. The molecule has 118 valence electrons. The molecule has 1 atom stereocenters. The van der Waals surface area contributed by atoms with Gasteiger partial charge in [0.15, 0.2) is 0 Å². The first kappa shape index (κ1) is 18.6. The van der Waals surface area contributed by atoms with Crippen LogP contribution >= 0.6 is 35.6 Å². The molecule has 3 nitrogen and oxygen atoms in total. The number of rotatable bonds is 4. The molecule has 2 N–H and O–H groups in total. The van der Waals surface area contributed by atoms with Crippen molar-refractivity contribution in [3.8, 4) is 0 Å². The molecule has 6 heteroatoms. The van der Waals surface area contributed by atoms with Gasteiger partial charge in [0, 0.05) is 12.5 Å². The molecule has 1 aromatic carbocycles. The zero-order valence-corrected chi connectivity index (χ0v) is 14.5. The molecule has 0 aromatic heterocycles. The van der Waals surface area contributed by atoms with Gasteiger partial charge in [-0.3, -0.25) is 4.79 Å². The summed E-state index contributed by atoms with van der Waals surface area (Å²) >= 11 is 12.3. The zero-order valence-electron chi connectivity index (χ0n) is 12.2. The van der Waals surface area contributed by atoms with Crippen LogP contribution in [0.5, 0.6) is 0 Å². The van der Waals surface area contributed by atoms with Crippen LogP contribution in [-0.2, 0) is 10.3 Å². The molecule has 0 unspecified atom stereocenters. The second-order valence-corrected chi connectivity index (χ2v) is 6.56. The molecule has 1 saturated heterocycles. The number of nitrogens with one attached hydrogen (secondary N) is 2. The Kier molecular flexibility index (Phi) is 6.79. The Morgan fingerprint density at radius 1 is 1.43 bits per heavy atom. The van der Waals surface area contributed by atoms with E-state index in [2.05, 4.69) is 10.6 Å². The molecule has 1 heterocycles. The second-order valence-electron chi connectivity index (χ2n) is 5.77. The topological polar surface area (TPSA) is 41.1 Å². The maximum atomic E-state index is 12.2. The van der Waals surface area contributed by atoms with Crippen LogP contribution in [-0.4, -0.2) is 18.5 Å². The van der Waals surface area contributed by atoms with E-state index in [9.17, 15) is 4.79 Å². The lowest BCUT2D eigenvalue weighted by Crippen LogP contribution is -2.43. The summed E-state index contributed by atoms with van der Waals surface area (Å²) in [6.07, 6.45) is 2.70. The third-order valence-electron chi connectivity index (χ3n) is 3.67. The zero-order chi connectivity index (χ0) is 14.8. The molecule has 21 heavy (non-hydrogen) atoms. The summed E-state index contributed by atoms with van der Waals surface area (Å²) in [5, 5.41) is 7.37. The molecule has 0 aliphatic carbocycles. The van der Waals surface area contributed by atoms with E-state index in [4.69, 9.17) is 23.2 Å². The number of hydrogen-bond acceptors (Lipinski definition) is 2. The molecular formula is C15H21Cl3N2O. The summed E-state index contributed by atoms with van der Waals surface area (Å²) in [6.45, 7) is 4.87. The van der Waals surface area contributed by atoms with Crippen LogP contribution in [0.4, 0.5) is 0 Å². The third kappa shape index (κ3) is 4.75. The number of halogens is 3. The van der Waals surface area contributed by atoms with E-state index in [0.29, 0.717) is 22.5 Å². The average molecular weight is 352 g/mol. The number of carbonyl (C=O) groups is 1. The third-order valence-corrected chi connectivity index (χ3v) is 4.49. The average Bonchev–Trinajstić information content (AvgIpc) is 2.84. The van der Waals surface area contributed by atoms with Gasteiger partial charge in [0.2, 0.25) is 5.91 Å². The van der Waals surface area contributed by atoms with Gasteiger partial charge in [-0.1, -0.05) is 35.3 Å². The number of carbonyl (C=O) groups excluding carboxylic acids is 1. The Hall–Kier alpha value is -0.480. The number of benzene rings is 1. The minimum atomic E-state index is -0.544. The van der Waals surface area contributed by atoms with E-state index in [1.807, 2.05) is 26.0 Å². The minimum absolute atomic E-state index is 0. The van der Waals surface area contributed by atoms with E-state index in [1.54, 1.807) is 6.07 Å². The lowest BCUT2D eigenvalue weighted by molar-refractivity contribution is -0.123. The van der Waals surface area contributed by atoms with Crippen molar-refractivity contribution in [3.05, 3.63) is 33.8 Å². The molecular weight excluding hydrogens is 331 g/mol. The Morgan fingerprint density at radius 2 is 2.14 bits per heavy atom. The van der Waals surface area contributed by atoms with Gasteiger partial charge in [0.25, 0.3) is 0 Å². The summed E-state index contributed by atoms with van der Waals surface area (Å²) in [5.74, 6) is 0.0328. The Balaban J connectivity index is 0.00000220. The summed E-state index contributed by atoms with van der Waals surface area (Å²) < 4.78 is 0. The highest BCUT2D eigenvalue weighted by Crippen LogP contribution is 2.33. The molecule has 1 aromatic rings. The fourth-order valence-corrected chi connectivity index (χ4v) is 3.14. The van der Waals surface area contributed by atoms with Crippen LogP contribution in [0.2, 0.25) is 10.0 Å². The molecule has 1 aliphatic heterocycles. The molecule has 2 rings (SSSR count). The standard InChI is InChI=1S/C15H20Cl2N2O.ClH/c1-15(2,11-6-3-7-12(16)14(11)17)19-13(20)9-10-5-4-8-18-10;/h3,6-7,10,18H,4-5,8-9H2,1-2H3,(H,19,20);1H/t10-;/m0./s1. The van der Waals surface area contributed by atoms with Gasteiger partial charge in [-0.2, -0.15) is 0 Å². The quantitative estimate of drug-likeness (QED) is 0.863. The van der Waals surface area contributed by atoms with Gasteiger partial charge in [-0.25, -0.2) is 0 Å². The minimum Gasteiger partial charge on any atom is -0.347 e. The lowest BCUT2D eigenvalue weighted by Gasteiger charge is -2.28. The molecule has 1 amide bonds. The van der Waals surface area contributed by atoms with Gasteiger partial charge in [-0.15, -0.1) is 12.4 Å². The predicted octanol–water partition coefficient (Wildman–Crippen LogP) is 3.91. The van der Waals surface area contributed by atoms with Crippen molar-refractivity contribution in [2.45, 2.75) is 44.7 Å². The molecule has 0 spiro atoms. The van der Waals surface area contributed by atoms with Crippen molar-refractivity contribution in [3.63, 3.8) is 0 Å². The summed E-state index contributed by atoms with van der Waals surface area (Å²) in [4.78, 5) is 12.2. The largest absolute Gasteiger partial charge is 0.347 e. The van der Waals surface area contributed by atoms with E-state index in [0.717, 1.165) is 24.9 Å². The highest BCUT2D eigenvalue weighted by atomic mass is 35.5. The van der Waals surface area contributed by atoms with Gasteiger partial charge < -0.3 is 10.6 Å². The lowest BCUT2D eigenvalue weighted by atomic mass is 9.93. The predicted molar refractivity (Wildman–Crippen MR) is 90.5 cm³/mol. The second kappa shape index (κ2) is 7.68. The van der Waals surface area contributed by atoms with Crippen molar-refractivity contribution in [2.24, 2.45) is 0 Å². The van der Waals surface area contributed by atoms with Crippen molar-refractivity contribution in [1.29, 1.82) is 0 Å². The smallest absolute Gasteiger partial charge is 0.222 e. The van der Waals surface area contributed by atoms with E-state index in [-0.39, 0.29) is 18.3 Å². The van der Waals surface area contributed by atoms with Crippen LogP contribution in [0.25, 0.3) is 0 Å². The first-order chi connectivity index (χ1) is 9.40. The van der Waals surface area contributed by atoms with Gasteiger partial charge >= 0.3 is 0 Å². The molecule has 0 bridgehead atoms. The maximum Gasteiger partial charge on any atom is 0.222 e. The van der Waals surface area contributed by atoms with Crippen LogP contribution in [0.3, 0.4) is 0 Å².